The number of ether oxygens (including phenoxy) is 3. The number of aliphatic hydroxyl groups excluding tert-OH is 1. The Labute approximate surface area is 237 Å². The summed E-state index contributed by atoms with van der Waals surface area (Å²) < 4.78 is 16.6. The molecule has 1 amide bonds. The van der Waals surface area contributed by atoms with E-state index in [1.54, 1.807) is 55.5 Å². The molecule has 0 spiro atoms. The highest BCUT2D eigenvalue weighted by atomic mass is 35.5. The van der Waals surface area contributed by atoms with Crippen molar-refractivity contribution in [3.05, 3.63) is 81.9 Å². The zero-order valence-corrected chi connectivity index (χ0v) is 23.1. The Kier molecular flexibility index (Phi) is 11.2. The number of amides is 1. The number of benzene rings is 3. The summed E-state index contributed by atoms with van der Waals surface area (Å²) in [6, 6.07) is 15.1. The average Bonchev–Trinajstić information content (AvgIpc) is 2.92. The number of carbonyl (C=O) groups excluding carboxylic acids is 2. The quantitative estimate of drug-likeness (QED) is 0.109. The lowest BCUT2D eigenvalue weighted by molar-refractivity contribution is -0.145. The molecule has 0 aliphatic rings. The van der Waals surface area contributed by atoms with E-state index in [9.17, 15) is 14.7 Å². The highest BCUT2D eigenvalue weighted by Crippen LogP contribution is 2.35. The van der Waals surface area contributed by atoms with Gasteiger partial charge in [-0.3, -0.25) is 10.2 Å². The predicted octanol–water partition coefficient (Wildman–Crippen LogP) is 4.36. The molecule has 3 aromatic carbocycles. The third-order valence-corrected chi connectivity index (χ3v) is 5.92. The first-order valence-corrected chi connectivity index (χ1v) is 13.1. The van der Waals surface area contributed by atoms with Crippen molar-refractivity contribution in [2.24, 2.45) is 5.73 Å². The topological polar surface area (TPSA) is 156 Å². The van der Waals surface area contributed by atoms with Gasteiger partial charge < -0.3 is 35.7 Å². The van der Waals surface area contributed by atoms with Gasteiger partial charge in [-0.05, 0) is 80.4 Å². The van der Waals surface area contributed by atoms with Gasteiger partial charge >= 0.3 is 5.97 Å². The maximum absolute atomic E-state index is 13.2. The van der Waals surface area contributed by atoms with Gasteiger partial charge in [-0.15, -0.1) is 0 Å². The third kappa shape index (κ3) is 8.36. The first-order valence-electron chi connectivity index (χ1n) is 12.7. The van der Waals surface area contributed by atoms with Crippen molar-refractivity contribution in [2.75, 3.05) is 37.1 Å². The molecule has 3 rings (SSSR count). The molecule has 212 valence electrons. The second kappa shape index (κ2) is 14.8. The summed E-state index contributed by atoms with van der Waals surface area (Å²) in [5.74, 6) is -0.202. The molecule has 0 heterocycles. The first-order chi connectivity index (χ1) is 19.2. The molecule has 0 saturated carbocycles. The van der Waals surface area contributed by atoms with Crippen LogP contribution in [0.25, 0.3) is 0 Å². The SMILES string of the molecule is CCOC(=O)COc1c(CNc2ccc(Cl)cc2C(=O)Nc2ccc(C(=N)N)cc2)cc(CCO)cc1OCC. The lowest BCUT2D eigenvalue weighted by Gasteiger charge is -2.19. The molecule has 0 radical (unpaired) electrons. The molecule has 0 fully saturated rings. The van der Waals surface area contributed by atoms with Crippen molar-refractivity contribution >= 4 is 40.7 Å². The summed E-state index contributed by atoms with van der Waals surface area (Å²) in [5.41, 5.74) is 8.84. The number of rotatable bonds is 14. The molecule has 0 unspecified atom stereocenters. The van der Waals surface area contributed by atoms with Crippen molar-refractivity contribution in [2.45, 2.75) is 26.8 Å². The smallest absolute Gasteiger partial charge is 0.344 e. The van der Waals surface area contributed by atoms with Gasteiger partial charge in [0, 0.05) is 40.7 Å². The van der Waals surface area contributed by atoms with Crippen molar-refractivity contribution in [1.82, 2.24) is 0 Å². The van der Waals surface area contributed by atoms with Crippen LogP contribution < -0.4 is 25.8 Å². The minimum atomic E-state index is -0.517. The average molecular weight is 569 g/mol. The molecule has 10 nitrogen and oxygen atoms in total. The minimum absolute atomic E-state index is 0.0592. The monoisotopic (exact) mass is 568 g/mol. The molecule has 0 aliphatic carbocycles. The van der Waals surface area contributed by atoms with Crippen LogP contribution >= 0.6 is 11.6 Å². The maximum Gasteiger partial charge on any atom is 0.344 e. The summed E-state index contributed by atoms with van der Waals surface area (Å²) in [6.07, 6.45) is 0.391. The zero-order valence-electron chi connectivity index (χ0n) is 22.4. The van der Waals surface area contributed by atoms with Crippen molar-refractivity contribution in [3.8, 4) is 11.5 Å². The minimum Gasteiger partial charge on any atom is -0.490 e. The number of nitrogens with one attached hydrogen (secondary N) is 3. The summed E-state index contributed by atoms with van der Waals surface area (Å²) in [5, 5.41) is 23.5. The van der Waals surface area contributed by atoms with Crippen molar-refractivity contribution in [3.63, 3.8) is 0 Å². The van der Waals surface area contributed by atoms with Gasteiger partial charge in [0.15, 0.2) is 18.1 Å². The number of hydrogen-bond acceptors (Lipinski definition) is 8. The van der Waals surface area contributed by atoms with Gasteiger partial charge in [-0.25, -0.2) is 4.79 Å². The van der Waals surface area contributed by atoms with Gasteiger partial charge in [0.2, 0.25) is 0 Å². The van der Waals surface area contributed by atoms with E-state index in [2.05, 4.69) is 10.6 Å². The molecular weight excluding hydrogens is 536 g/mol. The van der Waals surface area contributed by atoms with Crippen molar-refractivity contribution in [1.29, 1.82) is 5.41 Å². The maximum atomic E-state index is 13.2. The molecule has 0 bridgehead atoms. The summed E-state index contributed by atoms with van der Waals surface area (Å²) >= 11 is 6.22. The number of halogens is 1. The Morgan fingerprint density at radius 3 is 2.42 bits per heavy atom. The van der Waals surface area contributed by atoms with Gasteiger partial charge in [0.05, 0.1) is 18.8 Å². The number of esters is 1. The molecule has 11 heteroatoms. The van der Waals surface area contributed by atoms with Gasteiger partial charge in [0.25, 0.3) is 5.91 Å². The number of aliphatic hydroxyl groups is 1. The van der Waals surface area contributed by atoms with Gasteiger partial charge in [0.1, 0.15) is 5.84 Å². The van der Waals surface area contributed by atoms with Crippen LogP contribution in [0.1, 0.15) is 40.9 Å². The summed E-state index contributed by atoms with van der Waals surface area (Å²) in [7, 11) is 0. The van der Waals surface area contributed by atoms with E-state index in [0.717, 1.165) is 5.56 Å². The van der Waals surface area contributed by atoms with Gasteiger partial charge in [-0.1, -0.05) is 11.6 Å². The Morgan fingerprint density at radius 2 is 1.77 bits per heavy atom. The fraction of sp³-hybridized carbons (Fsp3) is 0.276. The molecule has 0 aromatic heterocycles. The lowest BCUT2D eigenvalue weighted by Crippen LogP contribution is -2.17. The second-order valence-electron chi connectivity index (χ2n) is 8.57. The summed E-state index contributed by atoms with van der Waals surface area (Å²) in [6.45, 7) is 3.97. The number of carbonyl (C=O) groups is 2. The summed E-state index contributed by atoms with van der Waals surface area (Å²) in [4.78, 5) is 25.2. The Balaban J connectivity index is 1.89. The normalized spacial score (nSPS) is 10.5. The Morgan fingerprint density at radius 1 is 1.02 bits per heavy atom. The number of nitrogens with two attached hydrogens (primary N) is 1. The predicted molar refractivity (Wildman–Crippen MR) is 155 cm³/mol. The highest BCUT2D eigenvalue weighted by molar-refractivity contribution is 6.31. The highest BCUT2D eigenvalue weighted by Gasteiger charge is 2.18. The molecular formula is C29H33ClN4O6. The first kappa shape index (κ1) is 30.3. The molecule has 0 saturated heterocycles. The molecule has 0 aliphatic heterocycles. The van der Waals surface area contributed by atoms with E-state index in [-0.39, 0.29) is 32.2 Å². The third-order valence-electron chi connectivity index (χ3n) is 5.68. The molecule has 3 aromatic rings. The van der Waals surface area contributed by atoms with E-state index in [4.69, 9.17) is 37.0 Å². The number of hydrogen-bond donors (Lipinski definition) is 5. The van der Waals surface area contributed by atoms with Crippen LogP contribution in [0.4, 0.5) is 11.4 Å². The van der Waals surface area contributed by atoms with Crippen LogP contribution in [0.5, 0.6) is 11.5 Å². The standard InChI is InChI=1S/C29H33ClN4O6/c1-3-38-25-14-18(11-12-35)13-20(27(25)40-17-26(36)39-4-2)16-33-24-10-7-21(30)15-23(24)29(37)34-22-8-5-19(6-9-22)28(31)32/h5-10,13-15,33,35H,3-4,11-12,16-17H2,1-2H3,(H3,31,32)(H,34,37). The van der Waals surface area contributed by atoms with Crippen LogP contribution in [-0.2, 0) is 22.5 Å². The number of nitrogen functional groups attached to an aromatic ring is 1. The molecule has 40 heavy (non-hydrogen) atoms. The van der Waals surface area contributed by atoms with Crippen LogP contribution in [0, 0.1) is 5.41 Å². The van der Waals surface area contributed by atoms with Crippen LogP contribution in [-0.4, -0.2) is 49.2 Å². The van der Waals surface area contributed by atoms with Crippen LogP contribution in [0.15, 0.2) is 54.6 Å². The van der Waals surface area contributed by atoms with E-state index >= 15 is 0 Å². The lowest BCUT2D eigenvalue weighted by atomic mass is 10.1. The zero-order chi connectivity index (χ0) is 29.1. The Hall–Kier alpha value is -4.28. The number of amidine groups is 1. The second-order valence-corrected chi connectivity index (χ2v) is 9.01. The fourth-order valence-corrected chi connectivity index (χ4v) is 4.04. The van der Waals surface area contributed by atoms with E-state index in [0.29, 0.717) is 57.6 Å². The van der Waals surface area contributed by atoms with E-state index in [1.165, 1.54) is 0 Å². The van der Waals surface area contributed by atoms with Crippen molar-refractivity contribution < 1.29 is 28.9 Å². The fourth-order valence-electron chi connectivity index (χ4n) is 3.87. The van der Waals surface area contributed by atoms with Crippen LogP contribution in [0.3, 0.4) is 0 Å². The van der Waals surface area contributed by atoms with E-state index in [1.807, 2.05) is 13.0 Å². The van der Waals surface area contributed by atoms with E-state index < -0.39 is 11.9 Å². The largest absolute Gasteiger partial charge is 0.490 e. The Bertz CT molecular complexity index is 1350. The van der Waals surface area contributed by atoms with Crippen LogP contribution in [0.2, 0.25) is 5.02 Å². The molecule has 0 atom stereocenters. The number of anilines is 2. The molecule has 6 N–H and O–H groups in total. The van der Waals surface area contributed by atoms with Gasteiger partial charge in [-0.2, -0.15) is 0 Å².